The molecule has 1 N–H and O–H groups in total. The van der Waals surface area contributed by atoms with E-state index in [0.29, 0.717) is 18.4 Å². The van der Waals surface area contributed by atoms with Crippen molar-refractivity contribution in [2.75, 3.05) is 31.1 Å². The van der Waals surface area contributed by atoms with Crippen LogP contribution in [0.15, 0.2) is 18.2 Å². The third kappa shape index (κ3) is 3.85. The van der Waals surface area contributed by atoms with Crippen molar-refractivity contribution >= 4 is 5.69 Å². The van der Waals surface area contributed by atoms with E-state index < -0.39 is 0 Å². The van der Waals surface area contributed by atoms with Gasteiger partial charge < -0.3 is 15.0 Å². The molecule has 3 nitrogen and oxygen atoms in total. The minimum atomic E-state index is -0.267. The first kappa shape index (κ1) is 15.1. The zero-order valence-corrected chi connectivity index (χ0v) is 12.5. The van der Waals surface area contributed by atoms with Gasteiger partial charge in [0.15, 0.2) is 11.6 Å². The maximum absolute atomic E-state index is 14.0. The number of hydrogen-bond acceptors (Lipinski definition) is 3. The summed E-state index contributed by atoms with van der Waals surface area (Å²) in [5.41, 5.74) is 0.961. The first-order valence-electron chi connectivity index (χ1n) is 7.65. The minimum absolute atomic E-state index is 0.267. The summed E-state index contributed by atoms with van der Waals surface area (Å²) >= 11 is 0. The predicted octanol–water partition coefficient (Wildman–Crippen LogP) is 3.19. The lowest BCUT2D eigenvalue weighted by Crippen LogP contribution is -2.39. The molecule has 1 fully saturated rings. The summed E-state index contributed by atoms with van der Waals surface area (Å²) in [5, 5.41) is 3.56. The molecule has 0 bridgehead atoms. The molecule has 0 radical (unpaired) electrons. The van der Waals surface area contributed by atoms with Crippen LogP contribution in [-0.4, -0.2) is 32.3 Å². The van der Waals surface area contributed by atoms with Crippen LogP contribution in [0.25, 0.3) is 0 Å². The Morgan fingerprint density at radius 3 is 2.90 bits per heavy atom. The molecular weight excluding hydrogens is 255 g/mol. The highest BCUT2D eigenvalue weighted by atomic mass is 19.1. The van der Waals surface area contributed by atoms with Crippen LogP contribution in [0.3, 0.4) is 0 Å². The fraction of sp³-hybridized carbons (Fsp3) is 0.625. The van der Waals surface area contributed by atoms with E-state index in [1.54, 1.807) is 12.1 Å². The van der Waals surface area contributed by atoms with Crippen LogP contribution in [0.2, 0.25) is 0 Å². The predicted molar refractivity (Wildman–Crippen MR) is 81.1 cm³/mol. The SMILES string of the molecule is CCOc1ccc(N2CCCNC(CC)CC2)cc1F. The number of halogens is 1. The van der Waals surface area contributed by atoms with E-state index in [2.05, 4.69) is 17.1 Å². The van der Waals surface area contributed by atoms with Crippen LogP contribution in [0.5, 0.6) is 5.75 Å². The summed E-state index contributed by atoms with van der Waals surface area (Å²) in [6.07, 6.45) is 3.34. The summed E-state index contributed by atoms with van der Waals surface area (Å²) in [7, 11) is 0. The summed E-state index contributed by atoms with van der Waals surface area (Å²) in [6.45, 7) is 7.54. The Morgan fingerprint density at radius 2 is 2.20 bits per heavy atom. The van der Waals surface area contributed by atoms with Crippen LogP contribution in [0.4, 0.5) is 10.1 Å². The number of ether oxygens (including phenoxy) is 1. The topological polar surface area (TPSA) is 24.5 Å². The minimum Gasteiger partial charge on any atom is -0.491 e. The number of nitrogens with one attached hydrogen (secondary N) is 1. The van der Waals surface area contributed by atoms with Gasteiger partial charge in [-0.2, -0.15) is 0 Å². The Balaban J connectivity index is 2.07. The average Bonchev–Trinajstić information content (AvgIpc) is 2.42. The number of rotatable bonds is 4. The van der Waals surface area contributed by atoms with Gasteiger partial charge in [0, 0.05) is 30.9 Å². The molecule has 1 heterocycles. The van der Waals surface area contributed by atoms with E-state index >= 15 is 0 Å². The Bertz CT molecular complexity index is 425. The fourth-order valence-corrected chi connectivity index (χ4v) is 2.67. The Labute approximate surface area is 121 Å². The van der Waals surface area contributed by atoms with Crippen LogP contribution in [0.1, 0.15) is 33.1 Å². The number of hydrogen-bond donors (Lipinski definition) is 1. The first-order valence-corrected chi connectivity index (χ1v) is 7.65. The molecule has 1 unspecified atom stereocenters. The molecule has 2 rings (SSSR count). The lowest BCUT2D eigenvalue weighted by atomic mass is 10.1. The quantitative estimate of drug-likeness (QED) is 0.916. The van der Waals surface area contributed by atoms with Gasteiger partial charge in [-0.05, 0) is 44.9 Å². The number of benzene rings is 1. The van der Waals surface area contributed by atoms with Gasteiger partial charge in [0.1, 0.15) is 0 Å². The van der Waals surface area contributed by atoms with Crippen molar-refractivity contribution < 1.29 is 9.13 Å². The van der Waals surface area contributed by atoms with Gasteiger partial charge in [-0.1, -0.05) is 6.92 Å². The number of anilines is 1. The Morgan fingerprint density at radius 1 is 1.35 bits per heavy atom. The highest BCUT2D eigenvalue weighted by Crippen LogP contribution is 2.24. The van der Waals surface area contributed by atoms with Gasteiger partial charge in [0.2, 0.25) is 0 Å². The zero-order valence-electron chi connectivity index (χ0n) is 12.5. The summed E-state index contributed by atoms with van der Waals surface area (Å²) < 4.78 is 19.2. The highest BCUT2D eigenvalue weighted by molar-refractivity contribution is 5.50. The van der Waals surface area contributed by atoms with E-state index in [0.717, 1.165) is 44.6 Å². The van der Waals surface area contributed by atoms with Gasteiger partial charge in [-0.25, -0.2) is 4.39 Å². The zero-order chi connectivity index (χ0) is 14.4. The van der Waals surface area contributed by atoms with Crippen LogP contribution >= 0.6 is 0 Å². The van der Waals surface area contributed by atoms with Crippen molar-refractivity contribution in [3.63, 3.8) is 0 Å². The fourth-order valence-electron chi connectivity index (χ4n) is 2.67. The second kappa shape index (κ2) is 7.48. The second-order valence-corrected chi connectivity index (χ2v) is 5.24. The van der Waals surface area contributed by atoms with Gasteiger partial charge in [-0.15, -0.1) is 0 Å². The molecular formula is C16H25FN2O. The lowest BCUT2D eigenvalue weighted by molar-refractivity contribution is 0.321. The molecule has 4 heteroatoms. The lowest BCUT2D eigenvalue weighted by Gasteiger charge is -2.30. The molecule has 1 saturated heterocycles. The Hall–Kier alpha value is -1.29. The maximum Gasteiger partial charge on any atom is 0.167 e. The van der Waals surface area contributed by atoms with Crippen LogP contribution < -0.4 is 15.0 Å². The van der Waals surface area contributed by atoms with Crippen molar-refractivity contribution in [1.29, 1.82) is 0 Å². The molecule has 0 spiro atoms. The van der Waals surface area contributed by atoms with E-state index in [-0.39, 0.29) is 5.82 Å². The molecule has 1 aromatic carbocycles. The molecule has 0 amide bonds. The molecule has 20 heavy (non-hydrogen) atoms. The standard InChI is InChI=1S/C16H25FN2O/c1-3-13-8-11-19(10-5-9-18-13)14-6-7-16(20-4-2)15(17)12-14/h6-7,12-13,18H,3-5,8-11H2,1-2H3. The van der Waals surface area contributed by atoms with Crippen molar-refractivity contribution in [2.45, 2.75) is 39.2 Å². The number of nitrogens with zero attached hydrogens (tertiary/aromatic N) is 1. The van der Waals surface area contributed by atoms with Gasteiger partial charge in [0.25, 0.3) is 0 Å². The van der Waals surface area contributed by atoms with Crippen molar-refractivity contribution in [1.82, 2.24) is 5.32 Å². The van der Waals surface area contributed by atoms with Crippen LogP contribution in [0, 0.1) is 5.82 Å². The normalized spacial score (nSPS) is 20.4. The average molecular weight is 280 g/mol. The van der Waals surface area contributed by atoms with Gasteiger partial charge in [-0.3, -0.25) is 0 Å². The molecule has 1 aliphatic heterocycles. The molecule has 1 atom stereocenters. The molecule has 0 saturated carbocycles. The summed E-state index contributed by atoms with van der Waals surface area (Å²) in [6, 6.07) is 5.87. The van der Waals surface area contributed by atoms with Gasteiger partial charge >= 0.3 is 0 Å². The van der Waals surface area contributed by atoms with E-state index in [1.165, 1.54) is 0 Å². The third-order valence-electron chi connectivity index (χ3n) is 3.86. The molecule has 0 aromatic heterocycles. The first-order chi connectivity index (χ1) is 9.74. The molecule has 1 aromatic rings. The van der Waals surface area contributed by atoms with Gasteiger partial charge in [0.05, 0.1) is 6.61 Å². The highest BCUT2D eigenvalue weighted by Gasteiger charge is 2.15. The largest absolute Gasteiger partial charge is 0.491 e. The molecule has 0 aliphatic carbocycles. The molecule has 1 aliphatic rings. The second-order valence-electron chi connectivity index (χ2n) is 5.24. The maximum atomic E-state index is 14.0. The smallest absolute Gasteiger partial charge is 0.167 e. The van der Waals surface area contributed by atoms with Crippen molar-refractivity contribution in [2.24, 2.45) is 0 Å². The van der Waals surface area contributed by atoms with E-state index in [9.17, 15) is 4.39 Å². The van der Waals surface area contributed by atoms with E-state index in [1.807, 2.05) is 13.0 Å². The summed E-state index contributed by atoms with van der Waals surface area (Å²) in [5.74, 6) is 0.0768. The van der Waals surface area contributed by atoms with E-state index in [4.69, 9.17) is 4.74 Å². The van der Waals surface area contributed by atoms with Crippen molar-refractivity contribution in [3.8, 4) is 5.75 Å². The van der Waals surface area contributed by atoms with Crippen molar-refractivity contribution in [3.05, 3.63) is 24.0 Å². The third-order valence-corrected chi connectivity index (χ3v) is 3.86. The molecule has 112 valence electrons. The van der Waals surface area contributed by atoms with Crippen LogP contribution in [-0.2, 0) is 0 Å². The monoisotopic (exact) mass is 280 g/mol. The Kier molecular flexibility index (Phi) is 5.65. The summed E-state index contributed by atoms with van der Waals surface area (Å²) in [4.78, 5) is 2.28.